The van der Waals surface area contributed by atoms with Crippen LogP contribution in [0.1, 0.15) is 38.7 Å². The van der Waals surface area contributed by atoms with E-state index in [1.165, 1.54) is 12.0 Å². The minimum atomic E-state index is -0.00967. The molecule has 1 aliphatic heterocycles. The highest BCUT2D eigenvalue weighted by Gasteiger charge is 2.31. The first-order chi connectivity index (χ1) is 10.1. The molecule has 3 nitrogen and oxygen atoms in total. The minimum absolute atomic E-state index is 0.00967. The van der Waals surface area contributed by atoms with E-state index in [0.29, 0.717) is 0 Å². The number of hydrogen-bond acceptors (Lipinski definition) is 3. The molecule has 1 amide bonds. The van der Waals surface area contributed by atoms with Crippen LogP contribution in [0.4, 0.5) is 0 Å². The Morgan fingerprint density at radius 3 is 2.71 bits per heavy atom. The highest BCUT2D eigenvalue weighted by Crippen LogP contribution is 2.24. The van der Waals surface area contributed by atoms with Crippen molar-refractivity contribution in [1.82, 2.24) is 4.90 Å². The molecule has 0 aromatic heterocycles. The van der Waals surface area contributed by atoms with Crippen molar-refractivity contribution in [1.29, 1.82) is 0 Å². The second-order valence-electron chi connectivity index (χ2n) is 5.89. The van der Waals surface area contributed by atoms with Crippen LogP contribution < -0.4 is 5.73 Å². The summed E-state index contributed by atoms with van der Waals surface area (Å²) in [5, 5.41) is -0.00967. The molecule has 2 N–H and O–H groups in total. The number of benzene rings is 1. The van der Waals surface area contributed by atoms with Crippen LogP contribution in [0.2, 0.25) is 0 Å². The van der Waals surface area contributed by atoms with Gasteiger partial charge in [-0.25, -0.2) is 0 Å². The van der Waals surface area contributed by atoms with Gasteiger partial charge in [0, 0.05) is 24.4 Å². The summed E-state index contributed by atoms with van der Waals surface area (Å²) in [6, 6.07) is 10.6. The third kappa shape index (κ3) is 4.48. The Hall–Kier alpha value is -1.00. The second-order valence-corrected chi connectivity index (χ2v) is 7.22. The van der Waals surface area contributed by atoms with Gasteiger partial charge in [-0.1, -0.05) is 30.3 Å². The number of amides is 1. The zero-order valence-corrected chi connectivity index (χ0v) is 13.8. The van der Waals surface area contributed by atoms with E-state index in [1.54, 1.807) is 11.8 Å². The summed E-state index contributed by atoms with van der Waals surface area (Å²) in [5.74, 6) is 1.13. The molecule has 1 saturated heterocycles. The summed E-state index contributed by atoms with van der Waals surface area (Å²) in [6.07, 6.45) is 3.33. The molecule has 3 atom stereocenters. The van der Waals surface area contributed by atoms with Crippen molar-refractivity contribution in [2.45, 2.75) is 56.2 Å². The van der Waals surface area contributed by atoms with Gasteiger partial charge >= 0.3 is 0 Å². The van der Waals surface area contributed by atoms with E-state index in [1.807, 2.05) is 36.9 Å². The zero-order chi connectivity index (χ0) is 15.2. The van der Waals surface area contributed by atoms with Gasteiger partial charge in [0.2, 0.25) is 5.91 Å². The Kier molecular flexibility index (Phi) is 6.12. The molecule has 1 heterocycles. The summed E-state index contributed by atoms with van der Waals surface area (Å²) >= 11 is 1.71. The maximum atomic E-state index is 12.7. The molecule has 3 unspecified atom stereocenters. The highest BCUT2D eigenvalue weighted by molar-refractivity contribution is 7.99. The van der Waals surface area contributed by atoms with Gasteiger partial charge in [-0.05, 0) is 38.7 Å². The zero-order valence-electron chi connectivity index (χ0n) is 13.0. The molecule has 1 aromatic rings. The molecule has 1 aromatic carbocycles. The fraction of sp³-hybridized carbons (Fsp3) is 0.588. The molecule has 1 aliphatic rings. The largest absolute Gasteiger partial charge is 0.337 e. The molecule has 0 spiro atoms. The molecule has 2 rings (SSSR count). The molecule has 0 radical (unpaired) electrons. The van der Waals surface area contributed by atoms with E-state index in [-0.39, 0.29) is 23.2 Å². The van der Waals surface area contributed by atoms with Gasteiger partial charge in [0.15, 0.2) is 0 Å². The number of nitrogens with two attached hydrogens (primary N) is 1. The summed E-state index contributed by atoms with van der Waals surface area (Å²) in [6.45, 7) is 4.89. The minimum Gasteiger partial charge on any atom is -0.337 e. The third-order valence-electron chi connectivity index (χ3n) is 4.13. The fourth-order valence-electron chi connectivity index (χ4n) is 2.88. The van der Waals surface area contributed by atoms with Crippen LogP contribution in [-0.2, 0) is 10.5 Å². The summed E-state index contributed by atoms with van der Waals surface area (Å²) in [7, 11) is 0. The van der Waals surface area contributed by atoms with E-state index in [0.717, 1.165) is 25.1 Å². The normalized spacial score (nSPS) is 21.9. The molecular formula is C17H26N2OS. The van der Waals surface area contributed by atoms with Gasteiger partial charge in [-0.15, -0.1) is 11.8 Å². The smallest absolute Gasteiger partial charge is 0.235 e. The van der Waals surface area contributed by atoms with Crippen LogP contribution in [0.5, 0.6) is 0 Å². The van der Waals surface area contributed by atoms with Crippen molar-refractivity contribution >= 4 is 17.7 Å². The number of hydrogen-bond donors (Lipinski definition) is 1. The lowest BCUT2D eigenvalue weighted by Crippen LogP contribution is -2.53. The van der Waals surface area contributed by atoms with Crippen LogP contribution in [0, 0.1) is 0 Å². The average molecular weight is 306 g/mol. The lowest BCUT2D eigenvalue weighted by molar-refractivity contribution is -0.134. The van der Waals surface area contributed by atoms with Gasteiger partial charge in [-0.2, -0.15) is 0 Å². The lowest BCUT2D eigenvalue weighted by atomic mass is 9.96. The van der Waals surface area contributed by atoms with Crippen molar-refractivity contribution in [3.63, 3.8) is 0 Å². The molecule has 4 heteroatoms. The average Bonchev–Trinajstić information content (AvgIpc) is 2.52. The predicted molar refractivity (Wildman–Crippen MR) is 90.2 cm³/mol. The maximum absolute atomic E-state index is 12.7. The second kappa shape index (κ2) is 7.85. The highest BCUT2D eigenvalue weighted by atomic mass is 32.2. The molecular weight excluding hydrogens is 280 g/mol. The SMILES string of the molecule is CC(SCc1ccccc1)C(=O)N1CCCCC1C(C)N. The monoisotopic (exact) mass is 306 g/mol. The number of thioether (sulfide) groups is 1. The summed E-state index contributed by atoms with van der Waals surface area (Å²) in [5.41, 5.74) is 7.33. The summed E-state index contributed by atoms with van der Waals surface area (Å²) in [4.78, 5) is 14.7. The summed E-state index contributed by atoms with van der Waals surface area (Å²) < 4.78 is 0. The Balaban J connectivity index is 1.91. The molecule has 1 fully saturated rings. The molecule has 0 aliphatic carbocycles. The van der Waals surface area contributed by atoms with Crippen molar-refractivity contribution in [2.24, 2.45) is 5.73 Å². The van der Waals surface area contributed by atoms with Gasteiger partial charge in [0.05, 0.1) is 5.25 Å². The Morgan fingerprint density at radius 1 is 1.33 bits per heavy atom. The molecule has 21 heavy (non-hydrogen) atoms. The number of carbonyl (C=O) groups excluding carboxylic acids is 1. The number of piperidine rings is 1. The van der Waals surface area contributed by atoms with Crippen LogP contribution in [-0.4, -0.2) is 34.7 Å². The predicted octanol–water partition coefficient (Wildman–Crippen LogP) is 3.04. The van der Waals surface area contributed by atoms with Gasteiger partial charge < -0.3 is 10.6 Å². The Labute approximate surface area is 132 Å². The fourth-order valence-corrected chi connectivity index (χ4v) is 3.79. The van der Waals surface area contributed by atoms with Crippen molar-refractivity contribution < 1.29 is 4.79 Å². The molecule has 0 saturated carbocycles. The van der Waals surface area contributed by atoms with E-state index in [9.17, 15) is 4.79 Å². The van der Waals surface area contributed by atoms with Gasteiger partial charge in [0.1, 0.15) is 0 Å². The standard InChI is InChI=1S/C17H26N2OS/c1-13(18)16-10-6-7-11-19(16)17(20)14(2)21-12-15-8-4-3-5-9-15/h3-5,8-9,13-14,16H,6-7,10-12,18H2,1-2H3. The number of nitrogens with zero attached hydrogens (tertiary/aromatic N) is 1. The first-order valence-corrected chi connectivity index (χ1v) is 8.86. The van der Waals surface area contributed by atoms with Gasteiger partial charge in [-0.3, -0.25) is 4.79 Å². The Bertz CT molecular complexity index is 449. The first kappa shape index (κ1) is 16.4. The third-order valence-corrected chi connectivity index (χ3v) is 5.33. The topological polar surface area (TPSA) is 46.3 Å². The van der Waals surface area contributed by atoms with Crippen LogP contribution in [0.15, 0.2) is 30.3 Å². The first-order valence-electron chi connectivity index (χ1n) is 7.81. The van der Waals surface area contributed by atoms with Crippen LogP contribution in [0.25, 0.3) is 0 Å². The van der Waals surface area contributed by atoms with Crippen molar-refractivity contribution in [3.8, 4) is 0 Å². The number of rotatable bonds is 5. The quantitative estimate of drug-likeness (QED) is 0.909. The number of carbonyl (C=O) groups is 1. The maximum Gasteiger partial charge on any atom is 0.235 e. The van der Waals surface area contributed by atoms with Crippen LogP contribution in [0.3, 0.4) is 0 Å². The van der Waals surface area contributed by atoms with E-state index in [4.69, 9.17) is 5.73 Å². The number of likely N-dealkylation sites (tertiary alicyclic amines) is 1. The van der Waals surface area contributed by atoms with E-state index >= 15 is 0 Å². The lowest BCUT2D eigenvalue weighted by Gasteiger charge is -2.39. The molecule has 0 bridgehead atoms. The van der Waals surface area contributed by atoms with E-state index < -0.39 is 0 Å². The van der Waals surface area contributed by atoms with Crippen molar-refractivity contribution in [3.05, 3.63) is 35.9 Å². The van der Waals surface area contributed by atoms with Crippen molar-refractivity contribution in [2.75, 3.05) is 6.54 Å². The Morgan fingerprint density at radius 2 is 2.05 bits per heavy atom. The van der Waals surface area contributed by atoms with Gasteiger partial charge in [0.25, 0.3) is 0 Å². The van der Waals surface area contributed by atoms with E-state index in [2.05, 4.69) is 12.1 Å². The van der Waals surface area contributed by atoms with Crippen LogP contribution >= 0.6 is 11.8 Å². The molecule has 116 valence electrons.